The minimum atomic E-state index is -2.87. The van der Waals surface area contributed by atoms with Crippen LogP contribution in [0.3, 0.4) is 0 Å². The molecule has 1 aromatic rings. The molecule has 0 aromatic heterocycles. The summed E-state index contributed by atoms with van der Waals surface area (Å²) in [5, 5.41) is 8.88. The zero-order valence-corrected chi connectivity index (χ0v) is 15.0. The number of ether oxygens (including phenoxy) is 1. The molecule has 0 saturated carbocycles. The van der Waals surface area contributed by atoms with Crippen molar-refractivity contribution in [2.45, 2.75) is 33.9 Å². The molecule has 0 aliphatic heterocycles. The number of hydrogen-bond donors (Lipinski definition) is 3. The van der Waals surface area contributed by atoms with Gasteiger partial charge in [-0.2, -0.15) is 8.78 Å². The van der Waals surface area contributed by atoms with Crippen molar-refractivity contribution in [3.63, 3.8) is 0 Å². The smallest absolute Gasteiger partial charge is 0.387 e. The Balaban J connectivity index is 2.44. The second-order valence-corrected chi connectivity index (χ2v) is 6.34. The number of nitrogens with one attached hydrogen (secondary N) is 3. The zero-order chi connectivity index (χ0) is 18.9. The van der Waals surface area contributed by atoms with E-state index in [0.717, 1.165) is 0 Å². The van der Waals surface area contributed by atoms with Crippen LogP contribution in [0.4, 0.5) is 8.78 Å². The molecule has 1 aromatic carbocycles. The average Bonchev–Trinajstić information content (AvgIpc) is 2.53. The minimum absolute atomic E-state index is 0.0321. The standard InChI is InChI=1S/C17H26F2N4O2/c1-17(2,3)14(24)21-9-10-22-16(20-4)23-11-12-7-5-6-8-13(12)25-15(18)19/h5-8,15H,9-11H2,1-4H3,(H,21,24)(H2,20,22,23). The van der Waals surface area contributed by atoms with Crippen LogP contribution in [0.1, 0.15) is 26.3 Å². The van der Waals surface area contributed by atoms with Crippen LogP contribution in [0, 0.1) is 5.41 Å². The second-order valence-electron chi connectivity index (χ2n) is 6.34. The van der Waals surface area contributed by atoms with E-state index in [0.29, 0.717) is 24.6 Å². The molecular weight excluding hydrogens is 330 g/mol. The summed E-state index contributed by atoms with van der Waals surface area (Å²) in [4.78, 5) is 15.8. The summed E-state index contributed by atoms with van der Waals surface area (Å²) in [6, 6.07) is 6.56. The third kappa shape index (κ3) is 7.82. The van der Waals surface area contributed by atoms with Crippen molar-refractivity contribution in [1.29, 1.82) is 0 Å². The van der Waals surface area contributed by atoms with Crippen LogP contribution in [-0.2, 0) is 11.3 Å². The van der Waals surface area contributed by atoms with Gasteiger partial charge in [-0.05, 0) is 6.07 Å². The van der Waals surface area contributed by atoms with Crippen molar-refractivity contribution >= 4 is 11.9 Å². The summed E-state index contributed by atoms with van der Waals surface area (Å²) in [6.07, 6.45) is 0. The van der Waals surface area contributed by atoms with Gasteiger partial charge in [-0.25, -0.2) is 0 Å². The third-order valence-electron chi connectivity index (χ3n) is 3.24. The predicted molar refractivity (Wildman–Crippen MR) is 93.7 cm³/mol. The Morgan fingerprint density at radius 2 is 1.80 bits per heavy atom. The first kappa shape index (κ1) is 20.7. The lowest BCUT2D eigenvalue weighted by molar-refractivity contribution is -0.128. The molecule has 140 valence electrons. The average molecular weight is 356 g/mol. The molecule has 0 unspecified atom stereocenters. The van der Waals surface area contributed by atoms with Crippen molar-refractivity contribution in [1.82, 2.24) is 16.0 Å². The van der Waals surface area contributed by atoms with E-state index in [-0.39, 0.29) is 18.2 Å². The predicted octanol–water partition coefficient (Wildman–Crippen LogP) is 2.12. The van der Waals surface area contributed by atoms with Gasteiger partial charge >= 0.3 is 6.61 Å². The Morgan fingerprint density at radius 1 is 1.16 bits per heavy atom. The molecule has 1 rings (SSSR count). The normalized spacial score (nSPS) is 12.0. The van der Waals surface area contributed by atoms with Gasteiger partial charge in [0.05, 0.1) is 0 Å². The van der Waals surface area contributed by atoms with E-state index in [1.807, 2.05) is 20.8 Å². The molecule has 0 atom stereocenters. The molecule has 0 radical (unpaired) electrons. The Hall–Kier alpha value is -2.38. The van der Waals surface area contributed by atoms with Crippen LogP contribution in [0.15, 0.2) is 29.3 Å². The number of benzene rings is 1. The summed E-state index contributed by atoms with van der Waals surface area (Å²) in [6.45, 7) is 3.86. The van der Waals surface area contributed by atoms with Gasteiger partial charge in [-0.1, -0.05) is 39.0 Å². The van der Waals surface area contributed by atoms with Gasteiger partial charge in [0.2, 0.25) is 5.91 Å². The van der Waals surface area contributed by atoms with Crippen molar-refractivity contribution < 1.29 is 18.3 Å². The van der Waals surface area contributed by atoms with Gasteiger partial charge in [0.15, 0.2) is 5.96 Å². The molecule has 8 heteroatoms. The number of guanidine groups is 1. The number of aliphatic imine (C=N–C) groups is 1. The summed E-state index contributed by atoms with van der Waals surface area (Å²) >= 11 is 0. The molecule has 0 aliphatic rings. The molecule has 6 nitrogen and oxygen atoms in total. The molecule has 25 heavy (non-hydrogen) atoms. The Bertz CT molecular complexity index is 586. The zero-order valence-electron chi connectivity index (χ0n) is 15.0. The van der Waals surface area contributed by atoms with E-state index in [9.17, 15) is 13.6 Å². The number of nitrogens with zero attached hydrogens (tertiary/aromatic N) is 1. The minimum Gasteiger partial charge on any atom is -0.434 e. The molecule has 0 saturated heterocycles. The number of alkyl halides is 2. The lowest BCUT2D eigenvalue weighted by Gasteiger charge is -2.18. The fourth-order valence-electron chi connectivity index (χ4n) is 1.88. The topological polar surface area (TPSA) is 74.8 Å². The quantitative estimate of drug-likeness (QED) is 0.397. The highest BCUT2D eigenvalue weighted by molar-refractivity contribution is 5.81. The number of carbonyl (C=O) groups is 1. The number of hydrogen-bond acceptors (Lipinski definition) is 3. The molecular formula is C17H26F2N4O2. The van der Waals surface area contributed by atoms with Crippen LogP contribution in [-0.4, -0.2) is 38.6 Å². The van der Waals surface area contributed by atoms with Gasteiger partial charge in [-0.3, -0.25) is 9.79 Å². The Kier molecular flexibility index (Phi) is 8.10. The van der Waals surface area contributed by atoms with E-state index in [1.165, 1.54) is 6.07 Å². The lowest BCUT2D eigenvalue weighted by Crippen LogP contribution is -2.43. The van der Waals surface area contributed by atoms with E-state index in [4.69, 9.17) is 0 Å². The van der Waals surface area contributed by atoms with Crippen molar-refractivity contribution in [2.75, 3.05) is 20.1 Å². The fourth-order valence-corrected chi connectivity index (χ4v) is 1.88. The summed E-state index contributed by atoms with van der Waals surface area (Å²) in [5.74, 6) is 0.588. The van der Waals surface area contributed by atoms with E-state index in [2.05, 4.69) is 25.7 Å². The highest BCUT2D eigenvalue weighted by Crippen LogP contribution is 2.19. The first-order chi connectivity index (χ1) is 11.7. The molecule has 0 bridgehead atoms. The SMILES string of the molecule is CN=C(NCCNC(=O)C(C)(C)C)NCc1ccccc1OC(F)F. The monoisotopic (exact) mass is 356 g/mol. The molecule has 1 amide bonds. The van der Waals surface area contributed by atoms with Crippen molar-refractivity contribution in [3.05, 3.63) is 29.8 Å². The second kappa shape index (κ2) is 9.80. The van der Waals surface area contributed by atoms with Gasteiger partial charge < -0.3 is 20.7 Å². The van der Waals surface area contributed by atoms with Gasteiger partial charge in [0.25, 0.3) is 0 Å². The first-order valence-corrected chi connectivity index (χ1v) is 7.99. The van der Waals surface area contributed by atoms with Crippen LogP contribution in [0.25, 0.3) is 0 Å². The number of amides is 1. The lowest BCUT2D eigenvalue weighted by atomic mass is 9.96. The van der Waals surface area contributed by atoms with Crippen molar-refractivity contribution in [2.24, 2.45) is 10.4 Å². The van der Waals surface area contributed by atoms with Crippen LogP contribution in [0.5, 0.6) is 5.75 Å². The highest BCUT2D eigenvalue weighted by atomic mass is 19.3. The number of carbonyl (C=O) groups excluding carboxylic acids is 1. The molecule has 0 fully saturated rings. The third-order valence-corrected chi connectivity index (χ3v) is 3.24. The molecule has 3 N–H and O–H groups in total. The Labute approximate surface area is 147 Å². The number of para-hydroxylation sites is 1. The maximum atomic E-state index is 12.4. The molecule has 0 spiro atoms. The summed E-state index contributed by atoms with van der Waals surface area (Å²) < 4.78 is 29.3. The highest BCUT2D eigenvalue weighted by Gasteiger charge is 2.20. The van der Waals surface area contributed by atoms with Crippen LogP contribution in [0.2, 0.25) is 0 Å². The first-order valence-electron chi connectivity index (χ1n) is 7.99. The maximum Gasteiger partial charge on any atom is 0.387 e. The Morgan fingerprint density at radius 3 is 2.40 bits per heavy atom. The summed E-state index contributed by atoms with van der Waals surface area (Å²) in [7, 11) is 1.60. The van der Waals surface area contributed by atoms with Crippen LogP contribution < -0.4 is 20.7 Å². The van der Waals surface area contributed by atoms with E-state index >= 15 is 0 Å². The van der Waals surface area contributed by atoms with Gasteiger partial charge in [0, 0.05) is 37.7 Å². The van der Waals surface area contributed by atoms with E-state index < -0.39 is 12.0 Å². The van der Waals surface area contributed by atoms with E-state index in [1.54, 1.807) is 25.2 Å². The maximum absolute atomic E-state index is 12.4. The van der Waals surface area contributed by atoms with Gasteiger partial charge in [0.1, 0.15) is 5.75 Å². The molecule has 0 aliphatic carbocycles. The summed E-state index contributed by atoms with van der Waals surface area (Å²) in [5.41, 5.74) is 0.153. The van der Waals surface area contributed by atoms with Crippen LogP contribution >= 0.6 is 0 Å². The number of rotatable bonds is 7. The van der Waals surface area contributed by atoms with Gasteiger partial charge in [-0.15, -0.1) is 0 Å². The largest absolute Gasteiger partial charge is 0.434 e. The number of halogens is 2. The molecule has 0 heterocycles. The fraction of sp³-hybridized carbons (Fsp3) is 0.529. The van der Waals surface area contributed by atoms with Crippen molar-refractivity contribution in [3.8, 4) is 5.75 Å².